The third-order valence-corrected chi connectivity index (χ3v) is 3.15. The number of hydrogen-bond acceptors (Lipinski definition) is 4. The minimum Gasteiger partial charge on any atom is -0.497 e. The number of hydrogen-bond donors (Lipinski definition) is 1. The first-order valence-corrected chi connectivity index (χ1v) is 6.19. The van der Waals surface area contributed by atoms with E-state index in [-0.39, 0.29) is 0 Å². The monoisotopic (exact) mass is 268 g/mol. The molecule has 0 heterocycles. The highest BCUT2D eigenvalue weighted by molar-refractivity contribution is 5.75. The summed E-state index contributed by atoms with van der Waals surface area (Å²) in [7, 11) is 3.22. The zero-order valence-electron chi connectivity index (χ0n) is 11.5. The molecule has 102 valence electrons. The maximum absolute atomic E-state index is 9.05. The first kappa shape index (κ1) is 13.9. The highest BCUT2D eigenvalue weighted by atomic mass is 16.5. The van der Waals surface area contributed by atoms with Crippen LogP contribution in [-0.4, -0.2) is 14.2 Å². The Bertz CT molecular complexity index is 660. The van der Waals surface area contributed by atoms with Crippen LogP contribution in [0.3, 0.4) is 0 Å². The van der Waals surface area contributed by atoms with Crippen LogP contribution in [0, 0.1) is 11.3 Å². The maximum atomic E-state index is 9.05. The number of nitrogens with two attached hydrogens (primary N) is 1. The molecule has 0 amide bonds. The number of rotatable bonds is 4. The fourth-order valence-corrected chi connectivity index (χ4v) is 2.12. The van der Waals surface area contributed by atoms with Gasteiger partial charge in [-0.05, 0) is 41.5 Å². The number of benzene rings is 2. The van der Waals surface area contributed by atoms with Crippen LogP contribution in [0.1, 0.15) is 11.1 Å². The highest BCUT2D eigenvalue weighted by Crippen LogP contribution is 2.34. The lowest BCUT2D eigenvalue weighted by Crippen LogP contribution is -2.01. The molecule has 2 aromatic carbocycles. The molecule has 0 saturated carbocycles. The fraction of sp³-hybridized carbons (Fsp3) is 0.188. The molecule has 4 nitrogen and oxygen atoms in total. The molecule has 0 spiro atoms. The lowest BCUT2D eigenvalue weighted by Gasteiger charge is -2.13. The summed E-state index contributed by atoms with van der Waals surface area (Å²) < 4.78 is 10.6. The van der Waals surface area contributed by atoms with Crippen LogP contribution in [0.4, 0.5) is 0 Å². The fourth-order valence-electron chi connectivity index (χ4n) is 2.12. The average Bonchev–Trinajstić information content (AvgIpc) is 2.53. The van der Waals surface area contributed by atoms with Gasteiger partial charge >= 0.3 is 0 Å². The van der Waals surface area contributed by atoms with Crippen LogP contribution in [0.15, 0.2) is 36.4 Å². The average molecular weight is 268 g/mol. The Morgan fingerprint density at radius 2 is 1.85 bits per heavy atom. The zero-order chi connectivity index (χ0) is 14.5. The second kappa shape index (κ2) is 6.09. The van der Waals surface area contributed by atoms with E-state index in [1.165, 1.54) is 0 Å². The summed E-state index contributed by atoms with van der Waals surface area (Å²) in [6.45, 7) is 0.381. The second-order valence-corrected chi connectivity index (χ2v) is 4.25. The van der Waals surface area contributed by atoms with E-state index in [0.29, 0.717) is 17.9 Å². The quantitative estimate of drug-likeness (QED) is 0.925. The Labute approximate surface area is 118 Å². The molecule has 0 aliphatic rings. The van der Waals surface area contributed by atoms with E-state index in [9.17, 15) is 0 Å². The first-order valence-electron chi connectivity index (χ1n) is 6.19. The topological polar surface area (TPSA) is 68.3 Å². The Hall–Kier alpha value is -2.51. The lowest BCUT2D eigenvalue weighted by atomic mass is 9.97. The van der Waals surface area contributed by atoms with Crippen molar-refractivity contribution in [1.82, 2.24) is 0 Å². The molecule has 2 aromatic rings. The van der Waals surface area contributed by atoms with Gasteiger partial charge in [0.15, 0.2) is 0 Å². The molecule has 0 bridgehead atoms. The molecule has 2 N–H and O–H groups in total. The van der Waals surface area contributed by atoms with Crippen molar-refractivity contribution in [2.45, 2.75) is 6.54 Å². The standard InChI is InChI=1S/C16H16N2O2/c1-19-13-4-5-14(12(8-13)10-18)15-7-11(9-17)3-6-16(15)20-2/h3-8H,10,18H2,1-2H3. The minimum absolute atomic E-state index is 0.381. The Morgan fingerprint density at radius 3 is 2.45 bits per heavy atom. The van der Waals surface area contributed by atoms with Crippen LogP contribution < -0.4 is 15.2 Å². The Balaban J connectivity index is 2.64. The van der Waals surface area contributed by atoms with Crippen LogP contribution >= 0.6 is 0 Å². The van der Waals surface area contributed by atoms with E-state index in [2.05, 4.69) is 6.07 Å². The summed E-state index contributed by atoms with van der Waals surface area (Å²) in [4.78, 5) is 0. The van der Waals surface area contributed by atoms with E-state index in [4.69, 9.17) is 20.5 Å². The van der Waals surface area contributed by atoms with Crippen molar-refractivity contribution in [3.05, 3.63) is 47.5 Å². The Kier molecular flexibility index (Phi) is 4.24. The summed E-state index contributed by atoms with van der Waals surface area (Å²) in [5.74, 6) is 1.47. The zero-order valence-corrected chi connectivity index (χ0v) is 11.5. The van der Waals surface area contributed by atoms with Gasteiger partial charge in [0, 0.05) is 12.1 Å². The first-order chi connectivity index (χ1) is 9.73. The van der Waals surface area contributed by atoms with Gasteiger partial charge in [-0.3, -0.25) is 0 Å². The molecule has 4 heteroatoms. The molecule has 0 fully saturated rings. The number of nitriles is 1. The van der Waals surface area contributed by atoms with Crippen LogP contribution in [0.25, 0.3) is 11.1 Å². The number of nitrogens with zero attached hydrogens (tertiary/aromatic N) is 1. The van der Waals surface area contributed by atoms with Gasteiger partial charge in [0.25, 0.3) is 0 Å². The van der Waals surface area contributed by atoms with Gasteiger partial charge in [0.1, 0.15) is 11.5 Å². The molecule has 0 aromatic heterocycles. The van der Waals surface area contributed by atoms with Crippen molar-refractivity contribution < 1.29 is 9.47 Å². The summed E-state index contributed by atoms with van der Waals surface area (Å²) in [6.07, 6.45) is 0. The van der Waals surface area contributed by atoms with Crippen LogP contribution in [0.5, 0.6) is 11.5 Å². The van der Waals surface area contributed by atoms with Crippen molar-refractivity contribution in [2.75, 3.05) is 14.2 Å². The summed E-state index contributed by atoms with van der Waals surface area (Å²) in [5.41, 5.74) is 9.14. The van der Waals surface area contributed by atoms with Crippen LogP contribution in [-0.2, 0) is 6.54 Å². The van der Waals surface area contributed by atoms with E-state index in [0.717, 1.165) is 22.4 Å². The minimum atomic E-state index is 0.381. The molecule has 0 aliphatic heterocycles. The molecule has 0 unspecified atom stereocenters. The second-order valence-electron chi connectivity index (χ2n) is 4.25. The van der Waals surface area contributed by atoms with E-state index in [1.807, 2.05) is 18.2 Å². The number of ether oxygens (including phenoxy) is 2. The molecule has 0 atom stereocenters. The predicted octanol–water partition coefficient (Wildman–Crippen LogP) is 2.70. The molecule has 0 saturated heterocycles. The van der Waals surface area contributed by atoms with Crippen molar-refractivity contribution in [3.63, 3.8) is 0 Å². The van der Waals surface area contributed by atoms with Gasteiger partial charge < -0.3 is 15.2 Å². The van der Waals surface area contributed by atoms with Crippen molar-refractivity contribution >= 4 is 0 Å². The molecule has 0 aliphatic carbocycles. The predicted molar refractivity (Wildman–Crippen MR) is 77.6 cm³/mol. The largest absolute Gasteiger partial charge is 0.497 e. The van der Waals surface area contributed by atoms with Gasteiger partial charge in [-0.15, -0.1) is 0 Å². The molecular weight excluding hydrogens is 252 g/mol. The van der Waals surface area contributed by atoms with Crippen LogP contribution in [0.2, 0.25) is 0 Å². The van der Waals surface area contributed by atoms with E-state index >= 15 is 0 Å². The number of methoxy groups -OCH3 is 2. The molecule has 20 heavy (non-hydrogen) atoms. The van der Waals surface area contributed by atoms with Gasteiger partial charge in [-0.25, -0.2) is 0 Å². The van der Waals surface area contributed by atoms with Gasteiger partial charge in [-0.2, -0.15) is 5.26 Å². The Morgan fingerprint density at radius 1 is 1.05 bits per heavy atom. The SMILES string of the molecule is COc1ccc(-c2cc(C#N)ccc2OC)c(CN)c1. The summed E-state index contributed by atoms with van der Waals surface area (Å²) in [6, 6.07) is 13.2. The third kappa shape index (κ3) is 2.58. The third-order valence-electron chi connectivity index (χ3n) is 3.15. The molecule has 2 rings (SSSR count). The van der Waals surface area contributed by atoms with Crippen molar-refractivity contribution in [3.8, 4) is 28.7 Å². The van der Waals surface area contributed by atoms with Gasteiger partial charge in [0.2, 0.25) is 0 Å². The lowest BCUT2D eigenvalue weighted by molar-refractivity contribution is 0.413. The van der Waals surface area contributed by atoms with Gasteiger partial charge in [-0.1, -0.05) is 6.07 Å². The van der Waals surface area contributed by atoms with Crippen molar-refractivity contribution in [1.29, 1.82) is 5.26 Å². The maximum Gasteiger partial charge on any atom is 0.126 e. The molecular formula is C16H16N2O2. The van der Waals surface area contributed by atoms with Gasteiger partial charge in [0.05, 0.1) is 25.9 Å². The van der Waals surface area contributed by atoms with E-state index in [1.54, 1.807) is 32.4 Å². The molecule has 0 radical (unpaired) electrons. The van der Waals surface area contributed by atoms with E-state index < -0.39 is 0 Å². The normalized spacial score (nSPS) is 9.90. The highest BCUT2D eigenvalue weighted by Gasteiger charge is 2.11. The summed E-state index contributed by atoms with van der Waals surface area (Å²) >= 11 is 0. The van der Waals surface area contributed by atoms with Crippen molar-refractivity contribution in [2.24, 2.45) is 5.73 Å². The smallest absolute Gasteiger partial charge is 0.126 e. The summed E-state index contributed by atoms with van der Waals surface area (Å²) in [5, 5.41) is 9.05.